The molecule has 0 amide bonds. The van der Waals surface area contributed by atoms with Crippen LogP contribution in [0.5, 0.6) is 0 Å². The van der Waals surface area contributed by atoms with Gasteiger partial charge in [-0.2, -0.15) is 0 Å². The molecule has 0 spiro atoms. The Morgan fingerprint density at radius 3 is 1.58 bits per heavy atom. The highest BCUT2D eigenvalue weighted by atomic mass is 28.3. The van der Waals surface area contributed by atoms with Gasteiger partial charge in [0.05, 0.1) is 0 Å². The molecule has 100 valence electrons. The van der Waals surface area contributed by atoms with Crippen LogP contribution in [0.1, 0.15) is 20.8 Å². The van der Waals surface area contributed by atoms with Gasteiger partial charge in [-0.1, -0.05) is 81.4 Å². The van der Waals surface area contributed by atoms with Crippen LogP contribution >= 0.6 is 0 Å². The molecule has 0 aliphatic heterocycles. The van der Waals surface area contributed by atoms with Gasteiger partial charge in [0.25, 0.3) is 0 Å². The summed E-state index contributed by atoms with van der Waals surface area (Å²) in [4.78, 5) is 0. The fraction of sp³-hybridized carbons (Fsp3) is 0.294. The summed E-state index contributed by atoms with van der Waals surface area (Å²) in [6.07, 6.45) is 0. The average molecular weight is 270 g/mol. The zero-order chi connectivity index (χ0) is 13.7. The number of benzene rings is 2. The Morgan fingerprint density at radius 1 is 0.789 bits per heavy atom. The fourth-order valence-electron chi connectivity index (χ4n) is 1.97. The molecule has 0 atom stereocenters. The van der Waals surface area contributed by atoms with E-state index in [0.717, 1.165) is 6.61 Å². The number of rotatable bonds is 4. The van der Waals surface area contributed by atoms with Crippen molar-refractivity contribution in [1.29, 1.82) is 0 Å². The summed E-state index contributed by atoms with van der Waals surface area (Å²) < 4.78 is 6.32. The van der Waals surface area contributed by atoms with Gasteiger partial charge in [-0.05, 0) is 15.8 Å². The lowest BCUT2D eigenvalue weighted by molar-refractivity contribution is 0.204. The molecule has 0 bridgehead atoms. The van der Waals surface area contributed by atoms with Crippen molar-refractivity contribution in [3.05, 3.63) is 60.7 Å². The van der Waals surface area contributed by atoms with Crippen LogP contribution in [0.25, 0.3) is 0 Å². The van der Waals surface area contributed by atoms with Crippen molar-refractivity contribution in [3.63, 3.8) is 0 Å². The predicted molar refractivity (Wildman–Crippen MR) is 84.7 cm³/mol. The Bertz CT molecular complexity index is 448. The second kappa shape index (κ2) is 6.18. The molecule has 0 saturated heterocycles. The Labute approximate surface area is 118 Å². The molecule has 1 nitrogen and oxygen atoms in total. The first-order valence-corrected chi connectivity index (χ1v) is 8.40. The van der Waals surface area contributed by atoms with Crippen molar-refractivity contribution in [2.75, 3.05) is 6.61 Å². The molecule has 0 heterocycles. The Hall–Kier alpha value is -1.38. The lowest BCUT2D eigenvalue weighted by Crippen LogP contribution is -2.46. The van der Waals surface area contributed by atoms with Crippen LogP contribution in [0, 0.1) is 5.41 Å². The predicted octanol–water partition coefficient (Wildman–Crippen LogP) is 2.59. The van der Waals surface area contributed by atoms with E-state index in [4.69, 9.17) is 4.43 Å². The Kier molecular flexibility index (Phi) is 4.56. The van der Waals surface area contributed by atoms with Gasteiger partial charge in [-0.3, -0.25) is 0 Å². The third kappa shape index (κ3) is 4.34. The normalized spacial score (nSPS) is 11.8. The standard InChI is InChI=1S/C17H22OSi/c1-17(2,3)14-18-19(15-10-6-4-7-11-15)16-12-8-5-9-13-16/h4-13,19H,14H2,1-3H3. The van der Waals surface area contributed by atoms with Gasteiger partial charge in [-0.25, -0.2) is 0 Å². The molecule has 0 aliphatic carbocycles. The summed E-state index contributed by atoms with van der Waals surface area (Å²) in [5.41, 5.74) is 0.203. The first-order chi connectivity index (χ1) is 9.06. The van der Waals surface area contributed by atoms with Gasteiger partial charge in [0.1, 0.15) is 0 Å². The summed E-state index contributed by atoms with van der Waals surface area (Å²) in [7, 11) is -1.55. The third-order valence-electron chi connectivity index (χ3n) is 2.89. The monoisotopic (exact) mass is 270 g/mol. The maximum Gasteiger partial charge on any atom is 0.239 e. The van der Waals surface area contributed by atoms with Gasteiger partial charge >= 0.3 is 0 Å². The molecule has 2 aromatic carbocycles. The summed E-state index contributed by atoms with van der Waals surface area (Å²) in [5.74, 6) is 0. The molecule has 0 aromatic heterocycles. The van der Waals surface area contributed by atoms with E-state index < -0.39 is 9.04 Å². The Balaban J connectivity index is 2.24. The minimum Gasteiger partial charge on any atom is -0.410 e. The largest absolute Gasteiger partial charge is 0.410 e. The molecular weight excluding hydrogens is 248 g/mol. The number of hydrogen-bond donors (Lipinski definition) is 0. The molecule has 0 N–H and O–H groups in total. The van der Waals surface area contributed by atoms with Crippen LogP contribution in [0.2, 0.25) is 0 Å². The van der Waals surface area contributed by atoms with Gasteiger partial charge in [0, 0.05) is 6.61 Å². The average Bonchev–Trinajstić information content (AvgIpc) is 2.40. The van der Waals surface area contributed by atoms with Crippen LogP contribution in [0.4, 0.5) is 0 Å². The van der Waals surface area contributed by atoms with Crippen molar-refractivity contribution >= 4 is 19.4 Å². The molecule has 0 unspecified atom stereocenters. The summed E-state index contributed by atoms with van der Waals surface area (Å²) in [6, 6.07) is 21.3. The van der Waals surface area contributed by atoms with Crippen molar-refractivity contribution in [2.24, 2.45) is 5.41 Å². The van der Waals surface area contributed by atoms with Crippen molar-refractivity contribution in [3.8, 4) is 0 Å². The first kappa shape index (κ1) is 14.0. The zero-order valence-electron chi connectivity index (χ0n) is 12.0. The van der Waals surface area contributed by atoms with Gasteiger partial charge < -0.3 is 4.43 Å². The van der Waals surface area contributed by atoms with E-state index >= 15 is 0 Å². The van der Waals surface area contributed by atoms with Crippen LogP contribution in [-0.4, -0.2) is 15.6 Å². The highest BCUT2D eigenvalue weighted by Crippen LogP contribution is 2.13. The molecular formula is C17H22OSi. The van der Waals surface area contributed by atoms with E-state index in [2.05, 4.69) is 81.4 Å². The maximum absolute atomic E-state index is 6.32. The summed E-state index contributed by atoms with van der Waals surface area (Å²) in [5, 5.41) is 2.69. The molecule has 2 rings (SSSR count). The van der Waals surface area contributed by atoms with E-state index in [0.29, 0.717) is 0 Å². The molecule has 2 aromatic rings. The van der Waals surface area contributed by atoms with Crippen LogP contribution in [-0.2, 0) is 4.43 Å². The van der Waals surface area contributed by atoms with E-state index in [9.17, 15) is 0 Å². The highest BCUT2D eigenvalue weighted by Gasteiger charge is 2.20. The number of hydrogen-bond acceptors (Lipinski definition) is 1. The van der Waals surface area contributed by atoms with Gasteiger partial charge in [-0.15, -0.1) is 0 Å². The van der Waals surface area contributed by atoms with E-state index in [1.807, 2.05) is 0 Å². The summed E-state index contributed by atoms with van der Waals surface area (Å²) >= 11 is 0. The quantitative estimate of drug-likeness (QED) is 0.776. The molecule has 0 fully saturated rings. The topological polar surface area (TPSA) is 9.23 Å². The second-order valence-corrected chi connectivity index (χ2v) is 8.50. The molecule has 0 radical (unpaired) electrons. The second-order valence-electron chi connectivity index (χ2n) is 6.07. The highest BCUT2D eigenvalue weighted by molar-refractivity contribution is 6.80. The van der Waals surface area contributed by atoms with E-state index in [1.54, 1.807) is 0 Å². The van der Waals surface area contributed by atoms with Crippen molar-refractivity contribution in [2.45, 2.75) is 20.8 Å². The van der Waals surface area contributed by atoms with Crippen molar-refractivity contribution in [1.82, 2.24) is 0 Å². The summed E-state index contributed by atoms with van der Waals surface area (Å²) in [6.45, 7) is 7.45. The SMILES string of the molecule is CC(C)(C)CO[SiH](c1ccccc1)c1ccccc1. The smallest absolute Gasteiger partial charge is 0.239 e. The van der Waals surface area contributed by atoms with Gasteiger partial charge in [0.15, 0.2) is 0 Å². The van der Waals surface area contributed by atoms with Gasteiger partial charge in [0.2, 0.25) is 9.04 Å². The minimum absolute atomic E-state index is 0.203. The molecule has 2 heteroatoms. The lowest BCUT2D eigenvalue weighted by Gasteiger charge is -2.24. The lowest BCUT2D eigenvalue weighted by atomic mass is 9.99. The minimum atomic E-state index is -1.55. The van der Waals surface area contributed by atoms with Crippen LogP contribution in [0.3, 0.4) is 0 Å². The molecule has 19 heavy (non-hydrogen) atoms. The molecule has 0 aliphatic rings. The third-order valence-corrected chi connectivity index (χ3v) is 5.37. The van der Waals surface area contributed by atoms with E-state index in [1.165, 1.54) is 10.4 Å². The maximum atomic E-state index is 6.32. The first-order valence-electron chi connectivity index (χ1n) is 6.78. The van der Waals surface area contributed by atoms with Crippen molar-refractivity contribution < 1.29 is 4.43 Å². The van der Waals surface area contributed by atoms with Crippen LogP contribution < -0.4 is 10.4 Å². The Morgan fingerprint density at radius 2 is 1.21 bits per heavy atom. The molecule has 0 saturated carbocycles. The fourth-order valence-corrected chi connectivity index (χ4v) is 4.55. The van der Waals surface area contributed by atoms with Crippen LogP contribution in [0.15, 0.2) is 60.7 Å². The zero-order valence-corrected chi connectivity index (χ0v) is 13.1. The van der Waals surface area contributed by atoms with E-state index in [-0.39, 0.29) is 5.41 Å².